The van der Waals surface area contributed by atoms with Gasteiger partial charge in [-0.05, 0) is 49.2 Å². The summed E-state index contributed by atoms with van der Waals surface area (Å²) < 4.78 is 0. The molecule has 2 amide bonds. The van der Waals surface area contributed by atoms with Crippen molar-refractivity contribution in [1.82, 2.24) is 14.8 Å². The fraction of sp³-hybridized carbons (Fsp3) is 0.393. The van der Waals surface area contributed by atoms with Crippen LogP contribution in [0.15, 0.2) is 59.4 Å². The van der Waals surface area contributed by atoms with E-state index in [4.69, 9.17) is 0 Å². The fourth-order valence-corrected chi connectivity index (χ4v) is 7.49. The predicted molar refractivity (Wildman–Crippen MR) is 146 cm³/mol. The van der Waals surface area contributed by atoms with Crippen molar-refractivity contribution in [1.29, 1.82) is 0 Å². The summed E-state index contributed by atoms with van der Waals surface area (Å²) in [5.74, 6) is -3.87. The molecule has 5 rings (SSSR count). The molecule has 0 unspecified atom stereocenters. The molecule has 0 spiro atoms. The number of anilines is 1. The fourth-order valence-electron chi connectivity index (χ4n) is 5.93. The maximum Gasteiger partial charge on any atom is 0.353 e. The lowest BCUT2D eigenvalue weighted by molar-refractivity contribution is -0.163. The van der Waals surface area contributed by atoms with Crippen LogP contribution in [0.4, 0.5) is 5.69 Å². The SMILES string of the molecule is C[C@@H](O)[C@H]1C(=O)N2C(C(=O)O)=C(S[C@H]3C[C@@H](C(=O)Nc4cccc(C(=O)O)c4)N(Cc4ccncc4)C3)[C@H](C)[C@H]12. The Labute approximate surface area is 234 Å². The summed E-state index contributed by atoms with van der Waals surface area (Å²) in [6.07, 6.45) is 2.88. The second kappa shape index (κ2) is 11.0. The number of likely N-dealkylation sites (tertiary alicyclic amines) is 1. The average Bonchev–Trinajstić information content (AvgIpc) is 3.41. The lowest BCUT2D eigenvalue weighted by atomic mass is 9.79. The first kappa shape index (κ1) is 27.8. The van der Waals surface area contributed by atoms with Crippen LogP contribution in [-0.4, -0.2) is 83.8 Å². The van der Waals surface area contributed by atoms with Gasteiger partial charge in [0.15, 0.2) is 0 Å². The predicted octanol–water partition coefficient (Wildman–Crippen LogP) is 2.25. The van der Waals surface area contributed by atoms with Gasteiger partial charge in [-0.1, -0.05) is 13.0 Å². The molecular weight excluding hydrogens is 536 g/mol. The number of carbonyl (C=O) groups excluding carboxylic acids is 2. The van der Waals surface area contributed by atoms with Gasteiger partial charge in [-0.3, -0.25) is 19.5 Å². The molecule has 11 nitrogen and oxygen atoms in total. The number of aliphatic carboxylic acids is 1. The Hall–Kier alpha value is -3.74. The Balaban J connectivity index is 1.38. The number of amides is 2. The number of aromatic carboxylic acids is 1. The van der Waals surface area contributed by atoms with Crippen LogP contribution in [0.5, 0.6) is 0 Å². The molecule has 12 heteroatoms. The van der Waals surface area contributed by atoms with E-state index >= 15 is 0 Å². The maximum atomic E-state index is 13.5. The second-order valence-electron chi connectivity index (χ2n) is 10.4. The number of aliphatic hydroxyl groups excluding tert-OH is 1. The third kappa shape index (κ3) is 5.09. The number of hydrogen-bond acceptors (Lipinski definition) is 8. The summed E-state index contributed by atoms with van der Waals surface area (Å²) in [5, 5.41) is 32.1. The first-order chi connectivity index (χ1) is 19.1. The number of carboxylic acid groups (broad SMARTS) is 2. The van der Waals surface area contributed by atoms with Crippen LogP contribution in [0.1, 0.15) is 36.2 Å². The number of carboxylic acids is 2. The van der Waals surface area contributed by atoms with Crippen molar-refractivity contribution in [3.8, 4) is 0 Å². The third-order valence-corrected chi connectivity index (χ3v) is 9.28. The van der Waals surface area contributed by atoms with E-state index in [1.807, 2.05) is 24.0 Å². The van der Waals surface area contributed by atoms with Crippen LogP contribution < -0.4 is 5.32 Å². The quantitative estimate of drug-likeness (QED) is 0.332. The topological polar surface area (TPSA) is 160 Å². The highest BCUT2D eigenvalue weighted by Gasteiger charge is 2.60. The zero-order valence-corrected chi connectivity index (χ0v) is 22.7. The van der Waals surface area contributed by atoms with Crippen molar-refractivity contribution in [2.75, 3.05) is 11.9 Å². The number of pyridine rings is 1. The summed E-state index contributed by atoms with van der Waals surface area (Å²) in [6, 6.07) is 8.80. The van der Waals surface area contributed by atoms with E-state index < -0.39 is 36.0 Å². The van der Waals surface area contributed by atoms with E-state index in [1.165, 1.54) is 28.8 Å². The zero-order valence-electron chi connectivity index (χ0n) is 21.9. The standard InChI is InChI=1S/C28H30N4O7S/c1-14-22-21(15(2)33)26(35)32(22)23(28(38)39)24(14)40-19-11-20(31(13-19)12-16-6-8-29-9-7-16)25(34)30-18-5-3-4-17(10-18)27(36)37/h3-10,14-15,19-22,33H,11-13H2,1-2H3,(H,30,34)(H,36,37)(H,38,39)/t14-,15-,19+,20+,21-,22-/m1/s1. The molecule has 0 radical (unpaired) electrons. The number of hydrogen-bond donors (Lipinski definition) is 4. The monoisotopic (exact) mass is 566 g/mol. The number of aromatic nitrogens is 1. The van der Waals surface area contributed by atoms with E-state index in [2.05, 4.69) is 10.3 Å². The summed E-state index contributed by atoms with van der Waals surface area (Å²) >= 11 is 1.38. The minimum atomic E-state index is -1.19. The molecule has 210 valence electrons. The molecule has 3 aliphatic heterocycles. The summed E-state index contributed by atoms with van der Waals surface area (Å²) in [4.78, 5) is 57.8. The summed E-state index contributed by atoms with van der Waals surface area (Å²) in [5.41, 5.74) is 1.35. The van der Waals surface area contributed by atoms with Crippen molar-refractivity contribution in [2.24, 2.45) is 11.8 Å². The molecule has 40 heavy (non-hydrogen) atoms. The molecule has 0 saturated carbocycles. The number of nitrogens with one attached hydrogen (secondary N) is 1. The van der Waals surface area contributed by atoms with E-state index in [0.29, 0.717) is 30.1 Å². The highest BCUT2D eigenvalue weighted by molar-refractivity contribution is 8.03. The number of nitrogens with zero attached hydrogens (tertiary/aromatic N) is 3. The van der Waals surface area contributed by atoms with E-state index in [-0.39, 0.29) is 34.2 Å². The van der Waals surface area contributed by atoms with Gasteiger partial charge in [0.1, 0.15) is 5.70 Å². The molecule has 0 bridgehead atoms. The zero-order chi connectivity index (χ0) is 28.7. The minimum absolute atomic E-state index is 0.0385. The Morgan fingerprint density at radius 3 is 2.52 bits per heavy atom. The molecule has 2 aromatic rings. The molecule has 2 fully saturated rings. The first-order valence-electron chi connectivity index (χ1n) is 13.0. The number of carbonyl (C=O) groups is 4. The minimum Gasteiger partial charge on any atom is -0.478 e. The smallest absolute Gasteiger partial charge is 0.353 e. The van der Waals surface area contributed by atoms with E-state index in [0.717, 1.165) is 5.56 Å². The molecule has 2 saturated heterocycles. The summed E-state index contributed by atoms with van der Waals surface area (Å²) in [6.45, 7) is 4.37. The lowest BCUT2D eigenvalue weighted by Gasteiger charge is -2.46. The largest absolute Gasteiger partial charge is 0.478 e. The third-order valence-electron chi connectivity index (χ3n) is 7.78. The maximum absolute atomic E-state index is 13.5. The van der Waals surface area contributed by atoms with E-state index in [9.17, 15) is 34.5 Å². The molecule has 3 aliphatic rings. The Bertz CT molecular complexity index is 1380. The van der Waals surface area contributed by atoms with Gasteiger partial charge in [0.05, 0.1) is 29.7 Å². The number of thioether (sulfide) groups is 1. The number of β-lactam (4-membered cyclic amide) rings is 1. The molecule has 1 aromatic heterocycles. The van der Waals surface area contributed by atoms with Gasteiger partial charge >= 0.3 is 11.9 Å². The van der Waals surface area contributed by atoms with Crippen molar-refractivity contribution < 1.29 is 34.5 Å². The Morgan fingerprint density at radius 2 is 1.88 bits per heavy atom. The Morgan fingerprint density at radius 1 is 1.15 bits per heavy atom. The van der Waals surface area contributed by atoms with Crippen molar-refractivity contribution in [2.45, 2.75) is 50.3 Å². The van der Waals surface area contributed by atoms with E-state index in [1.54, 1.807) is 31.5 Å². The van der Waals surface area contributed by atoms with Gasteiger partial charge in [-0.25, -0.2) is 9.59 Å². The Kier molecular flexibility index (Phi) is 7.67. The number of fused-ring (bicyclic) bond motifs is 1. The molecule has 6 atom stereocenters. The van der Waals surface area contributed by atoms with Crippen molar-refractivity contribution in [3.63, 3.8) is 0 Å². The molecule has 4 heterocycles. The molecular formula is C28H30N4O7S. The van der Waals surface area contributed by atoms with Crippen LogP contribution in [0.2, 0.25) is 0 Å². The van der Waals surface area contributed by atoms with Gasteiger partial charge in [-0.2, -0.15) is 0 Å². The second-order valence-corrected chi connectivity index (χ2v) is 11.8. The number of benzene rings is 1. The first-order valence-corrected chi connectivity index (χ1v) is 13.9. The molecule has 4 N–H and O–H groups in total. The van der Waals surface area contributed by atoms with Crippen LogP contribution in [0.3, 0.4) is 0 Å². The molecule has 1 aromatic carbocycles. The summed E-state index contributed by atoms with van der Waals surface area (Å²) in [7, 11) is 0. The van der Waals surface area contributed by atoms with Gasteiger partial charge in [0, 0.05) is 47.2 Å². The van der Waals surface area contributed by atoms with Crippen LogP contribution in [-0.2, 0) is 20.9 Å². The van der Waals surface area contributed by atoms with Crippen LogP contribution in [0.25, 0.3) is 0 Å². The number of aliphatic hydroxyl groups is 1. The van der Waals surface area contributed by atoms with Crippen LogP contribution in [0, 0.1) is 11.8 Å². The average molecular weight is 567 g/mol. The van der Waals surface area contributed by atoms with Gasteiger partial charge in [0.2, 0.25) is 11.8 Å². The van der Waals surface area contributed by atoms with Gasteiger partial charge in [0.25, 0.3) is 0 Å². The lowest BCUT2D eigenvalue weighted by Crippen LogP contribution is -2.63. The molecule has 0 aliphatic carbocycles. The van der Waals surface area contributed by atoms with Gasteiger partial charge in [-0.15, -0.1) is 11.8 Å². The normalized spacial score (nSPS) is 26.8. The van der Waals surface area contributed by atoms with Crippen molar-refractivity contribution >= 4 is 41.2 Å². The highest BCUT2D eigenvalue weighted by atomic mass is 32.2. The highest BCUT2D eigenvalue weighted by Crippen LogP contribution is 2.52. The van der Waals surface area contributed by atoms with Gasteiger partial charge < -0.3 is 25.5 Å². The number of rotatable bonds is 9. The van der Waals surface area contributed by atoms with Crippen LogP contribution >= 0.6 is 11.8 Å². The van der Waals surface area contributed by atoms with Crippen molar-refractivity contribution in [3.05, 3.63) is 70.5 Å².